The molecule has 15 heteroatoms. The molecule has 382 valence electrons. The number of aryl methyl sites for hydroxylation is 2. The number of unbranched alkanes of at least 4 members (excludes halogenated alkanes) is 10. The van der Waals surface area contributed by atoms with Crippen molar-refractivity contribution in [1.82, 2.24) is 10.1 Å². The maximum atomic E-state index is 10.6. The van der Waals surface area contributed by atoms with Crippen LogP contribution in [0.2, 0.25) is 0 Å². The van der Waals surface area contributed by atoms with Crippen molar-refractivity contribution in [3.05, 3.63) is 73.2 Å². The lowest BCUT2D eigenvalue weighted by Gasteiger charge is -2.05. The lowest BCUT2D eigenvalue weighted by atomic mass is 10.00. The molecular formula is C52H86N2O13. The van der Waals surface area contributed by atoms with Crippen LogP contribution in [0.25, 0.3) is 22.2 Å². The number of fused-ring (bicyclic) bond motifs is 1. The minimum atomic E-state index is -0.594. The van der Waals surface area contributed by atoms with Gasteiger partial charge >= 0.3 is 24.1 Å². The first-order valence-electron chi connectivity index (χ1n) is 23.5. The molecule has 0 aliphatic heterocycles. The quantitative estimate of drug-likeness (QED) is 0.0304. The molecule has 0 fully saturated rings. The van der Waals surface area contributed by atoms with Crippen molar-refractivity contribution in [2.45, 2.75) is 137 Å². The first-order valence-corrected chi connectivity index (χ1v) is 23.5. The van der Waals surface area contributed by atoms with Gasteiger partial charge in [0, 0.05) is 72.2 Å². The van der Waals surface area contributed by atoms with Gasteiger partial charge in [-0.05, 0) is 74.6 Å². The van der Waals surface area contributed by atoms with Crippen LogP contribution in [0.3, 0.4) is 0 Å². The number of rotatable bonds is 27. The topological polar surface area (TPSA) is 181 Å². The highest BCUT2D eigenvalue weighted by Gasteiger charge is 2.10. The minimum Gasteiger partial charge on any atom is -0.469 e. The highest BCUT2D eigenvalue weighted by molar-refractivity contribution is 5.96. The summed E-state index contributed by atoms with van der Waals surface area (Å²) in [6, 6.07) is 12.4. The predicted octanol–water partition coefficient (Wildman–Crippen LogP) is 12.1. The molecule has 2 aromatic carbocycles. The SMILES string of the molecule is C=CC(=O)OCCCCCCOC.C=CC(=O)OCCCCOC.CCCCCC(=O)OC.CCCCCCOC.CCCCOC(=O)OC.Cc1nc(-c2ccc(C)c3ccccc23)no1. The van der Waals surface area contributed by atoms with Crippen LogP contribution in [0.15, 0.2) is 66.2 Å². The normalized spacial score (nSPS) is 9.70. The molecule has 15 nitrogen and oxygen atoms in total. The van der Waals surface area contributed by atoms with Gasteiger partial charge in [-0.3, -0.25) is 4.79 Å². The Morgan fingerprint density at radius 2 is 1.01 bits per heavy atom. The first kappa shape index (κ1) is 66.2. The summed E-state index contributed by atoms with van der Waals surface area (Å²) in [5.41, 5.74) is 2.27. The van der Waals surface area contributed by atoms with E-state index in [-0.39, 0.29) is 17.9 Å². The number of hydrogen-bond donors (Lipinski definition) is 0. The van der Waals surface area contributed by atoms with E-state index in [2.05, 4.69) is 76.5 Å². The summed E-state index contributed by atoms with van der Waals surface area (Å²) < 4.78 is 42.4. The van der Waals surface area contributed by atoms with Crippen LogP contribution in [-0.2, 0) is 52.3 Å². The molecule has 0 amide bonds. The minimum absolute atomic E-state index is 0.0940. The molecule has 0 spiro atoms. The van der Waals surface area contributed by atoms with Crippen LogP contribution >= 0.6 is 0 Å². The van der Waals surface area contributed by atoms with Crippen LogP contribution in [0.1, 0.15) is 135 Å². The highest BCUT2D eigenvalue weighted by atomic mass is 16.7. The number of carbonyl (C=O) groups is 4. The van der Waals surface area contributed by atoms with Gasteiger partial charge in [0.25, 0.3) is 0 Å². The molecule has 0 bridgehead atoms. The maximum Gasteiger partial charge on any atom is 0.507 e. The Labute approximate surface area is 402 Å². The summed E-state index contributed by atoms with van der Waals surface area (Å²) >= 11 is 0. The van der Waals surface area contributed by atoms with Gasteiger partial charge in [0.05, 0.1) is 34.0 Å². The van der Waals surface area contributed by atoms with Crippen LogP contribution in [0.4, 0.5) is 4.79 Å². The van der Waals surface area contributed by atoms with Gasteiger partial charge in [0.2, 0.25) is 11.7 Å². The molecule has 3 aromatic rings. The van der Waals surface area contributed by atoms with E-state index in [0.717, 1.165) is 101 Å². The summed E-state index contributed by atoms with van der Waals surface area (Å²) in [6.45, 7) is 20.7. The highest BCUT2D eigenvalue weighted by Crippen LogP contribution is 2.28. The molecule has 1 heterocycles. The molecule has 0 N–H and O–H groups in total. The number of nitrogens with zero attached hydrogens (tertiary/aromatic N) is 2. The number of aromatic nitrogens is 2. The van der Waals surface area contributed by atoms with Gasteiger partial charge in [0.15, 0.2) is 0 Å². The number of esters is 3. The van der Waals surface area contributed by atoms with E-state index in [1.165, 1.54) is 56.9 Å². The molecule has 0 atom stereocenters. The largest absolute Gasteiger partial charge is 0.507 e. The van der Waals surface area contributed by atoms with E-state index < -0.39 is 6.16 Å². The molecular weight excluding hydrogens is 861 g/mol. The number of carbonyl (C=O) groups excluding carboxylic acids is 4. The summed E-state index contributed by atoms with van der Waals surface area (Å²) in [5.74, 6) is 0.450. The zero-order chi connectivity index (χ0) is 50.8. The monoisotopic (exact) mass is 947 g/mol. The molecule has 67 heavy (non-hydrogen) atoms. The van der Waals surface area contributed by atoms with E-state index in [9.17, 15) is 19.2 Å². The van der Waals surface area contributed by atoms with Crippen molar-refractivity contribution in [3.8, 4) is 11.4 Å². The fraction of sp³-hybridized carbons (Fsp3) is 0.615. The summed E-state index contributed by atoms with van der Waals surface area (Å²) in [5, 5.41) is 6.37. The number of benzene rings is 2. The van der Waals surface area contributed by atoms with Crippen LogP contribution in [0.5, 0.6) is 0 Å². The van der Waals surface area contributed by atoms with E-state index in [4.69, 9.17) is 28.2 Å². The Morgan fingerprint density at radius 1 is 0.552 bits per heavy atom. The number of hydrogen-bond acceptors (Lipinski definition) is 15. The van der Waals surface area contributed by atoms with E-state index in [0.29, 0.717) is 44.6 Å². The third kappa shape index (κ3) is 42.0. The molecule has 0 aliphatic rings. The predicted molar refractivity (Wildman–Crippen MR) is 266 cm³/mol. The second-order valence-electron chi connectivity index (χ2n) is 14.7. The Bertz CT molecular complexity index is 1630. The maximum absolute atomic E-state index is 10.6. The second-order valence-corrected chi connectivity index (χ2v) is 14.7. The van der Waals surface area contributed by atoms with Gasteiger partial charge in [-0.15, -0.1) is 0 Å². The third-order valence-corrected chi connectivity index (χ3v) is 9.02. The first-order chi connectivity index (χ1) is 32.4. The molecule has 0 aliphatic carbocycles. The molecule has 1 aromatic heterocycles. The van der Waals surface area contributed by atoms with E-state index in [1.807, 2.05) is 25.1 Å². The summed E-state index contributed by atoms with van der Waals surface area (Å²) in [4.78, 5) is 46.0. The van der Waals surface area contributed by atoms with Gasteiger partial charge in [-0.1, -0.05) is 120 Å². The van der Waals surface area contributed by atoms with Crippen molar-refractivity contribution in [1.29, 1.82) is 0 Å². The van der Waals surface area contributed by atoms with Gasteiger partial charge in [-0.25, -0.2) is 14.4 Å². The van der Waals surface area contributed by atoms with Gasteiger partial charge < -0.3 is 42.4 Å². The summed E-state index contributed by atoms with van der Waals surface area (Å²) in [7, 11) is 7.83. The van der Waals surface area contributed by atoms with Crippen molar-refractivity contribution in [3.63, 3.8) is 0 Å². The molecule has 0 saturated heterocycles. The number of methoxy groups -OCH3 is 5. The fourth-order valence-electron chi connectivity index (χ4n) is 5.22. The van der Waals surface area contributed by atoms with Crippen molar-refractivity contribution in [2.75, 3.05) is 75.2 Å². The van der Waals surface area contributed by atoms with Gasteiger partial charge in [0.1, 0.15) is 0 Å². The van der Waals surface area contributed by atoms with Crippen molar-refractivity contribution >= 4 is 34.8 Å². The smallest absolute Gasteiger partial charge is 0.469 e. The average molecular weight is 947 g/mol. The number of ether oxygens (including phenoxy) is 8. The molecule has 0 radical (unpaired) electrons. The molecule has 0 unspecified atom stereocenters. The Morgan fingerprint density at radius 3 is 1.48 bits per heavy atom. The lowest BCUT2D eigenvalue weighted by molar-refractivity contribution is -0.141. The van der Waals surface area contributed by atoms with Crippen LogP contribution < -0.4 is 0 Å². The Kier molecular flexibility index (Phi) is 49.7. The van der Waals surface area contributed by atoms with Crippen LogP contribution in [-0.4, -0.2) is 109 Å². The molecule has 0 saturated carbocycles. The van der Waals surface area contributed by atoms with Crippen molar-refractivity contribution < 1.29 is 61.6 Å². The van der Waals surface area contributed by atoms with E-state index in [1.54, 1.807) is 28.3 Å². The summed E-state index contributed by atoms with van der Waals surface area (Å²) in [6.07, 6.45) is 18.6. The van der Waals surface area contributed by atoms with Gasteiger partial charge in [-0.2, -0.15) is 4.98 Å². The Balaban J connectivity index is -0.000000752. The second kappa shape index (κ2) is 50.3. The van der Waals surface area contributed by atoms with Crippen molar-refractivity contribution in [2.24, 2.45) is 0 Å². The van der Waals surface area contributed by atoms with Crippen LogP contribution in [0, 0.1) is 13.8 Å². The zero-order valence-electron chi connectivity index (χ0n) is 42.8. The molecule has 3 rings (SSSR count). The average Bonchev–Trinajstić information content (AvgIpc) is 3.79. The van der Waals surface area contributed by atoms with E-state index >= 15 is 0 Å². The third-order valence-electron chi connectivity index (χ3n) is 9.02. The Hall–Kier alpha value is -5.12. The zero-order valence-corrected chi connectivity index (χ0v) is 42.8. The fourth-order valence-corrected chi connectivity index (χ4v) is 5.22. The lowest BCUT2D eigenvalue weighted by Crippen LogP contribution is -2.04. The standard InChI is InChI=1S/C14H12N2O.C10H18O3.C8H14O3.C7H14O2.C7H16O.C6H12O3/c1-9-7-8-13(14-15-10(2)17-16-14)12-6-4-3-5-11(9)12;1-3-10(11)13-9-7-5-4-6-8-12-2;1-3-8(9)11-7-5-4-6-10-2;1-3-4-5-6-7(8)9-2;1-3-4-5-6-7-8-2;1-3-4-5-9-6(7)8-2/h3-8H,1-2H3;3H,1,4-9H2,2H3;3H,1,4-7H2,2H3;3-6H2,1-2H3;3-7H2,1-2H3;3-5H2,1-2H3.